The average Bonchev–Trinajstić information content (AvgIpc) is 2.30. The van der Waals surface area contributed by atoms with Gasteiger partial charge in [0.2, 0.25) is 0 Å². The maximum Gasteiger partial charge on any atom is 0.269 e. The Labute approximate surface area is 86.8 Å². The Bertz CT molecular complexity index is 482. The van der Waals surface area contributed by atoms with E-state index in [-0.39, 0.29) is 5.69 Å². The molecule has 0 atom stereocenters. The quantitative estimate of drug-likeness (QED) is 0.791. The second kappa shape index (κ2) is 3.88. The highest BCUT2D eigenvalue weighted by Gasteiger charge is 2.04. The van der Waals surface area contributed by atoms with Gasteiger partial charge in [-0.25, -0.2) is 0 Å². The molecule has 4 heteroatoms. The molecule has 0 saturated heterocycles. The molecule has 0 bridgehead atoms. The van der Waals surface area contributed by atoms with E-state index in [9.17, 15) is 4.79 Å². The Balaban J connectivity index is 2.46. The van der Waals surface area contributed by atoms with Gasteiger partial charge in [-0.05, 0) is 11.6 Å². The number of hydrogen-bond donors (Lipinski definition) is 1. The lowest BCUT2D eigenvalue weighted by Crippen LogP contribution is -2.13. The first kappa shape index (κ1) is 9.33. The molecule has 0 aliphatic heterocycles. The number of hydrogen-bond acceptors (Lipinski definition) is 3. The Morgan fingerprint density at radius 1 is 1.13 bits per heavy atom. The number of benzene rings is 1. The van der Waals surface area contributed by atoms with Crippen molar-refractivity contribution in [2.75, 3.05) is 0 Å². The summed E-state index contributed by atoms with van der Waals surface area (Å²) in [4.78, 5) is 10.9. The van der Waals surface area contributed by atoms with Crippen LogP contribution < -0.4 is 5.73 Å². The van der Waals surface area contributed by atoms with E-state index in [4.69, 9.17) is 5.73 Å². The molecule has 74 valence electrons. The Morgan fingerprint density at radius 3 is 2.53 bits per heavy atom. The van der Waals surface area contributed by atoms with E-state index in [1.807, 2.05) is 30.3 Å². The van der Waals surface area contributed by atoms with Gasteiger partial charge in [-0.2, -0.15) is 5.10 Å². The van der Waals surface area contributed by atoms with Crippen LogP contribution in [-0.4, -0.2) is 16.1 Å². The third-order valence-electron chi connectivity index (χ3n) is 2.01. The largest absolute Gasteiger partial charge is 0.364 e. The van der Waals surface area contributed by atoms with E-state index in [1.165, 1.54) is 0 Å². The van der Waals surface area contributed by atoms with E-state index < -0.39 is 5.91 Å². The van der Waals surface area contributed by atoms with Crippen LogP contribution in [0.5, 0.6) is 0 Å². The van der Waals surface area contributed by atoms with Gasteiger partial charge in [-0.3, -0.25) is 4.79 Å². The number of rotatable bonds is 2. The molecule has 0 aliphatic rings. The van der Waals surface area contributed by atoms with Crippen LogP contribution in [0.2, 0.25) is 0 Å². The van der Waals surface area contributed by atoms with Crippen molar-refractivity contribution >= 4 is 5.91 Å². The van der Waals surface area contributed by atoms with Crippen LogP contribution in [0.3, 0.4) is 0 Å². The molecule has 1 amide bonds. The van der Waals surface area contributed by atoms with Gasteiger partial charge in [0.05, 0.1) is 6.20 Å². The first-order valence-electron chi connectivity index (χ1n) is 4.45. The monoisotopic (exact) mass is 199 g/mol. The molecule has 0 fully saturated rings. The van der Waals surface area contributed by atoms with Gasteiger partial charge in [0.15, 0.2) is 5.69 Å². The molecule has 2 aromatic rings. The number of amides is 1. The summed E-state index contributed by atoms with van der Waals surface area (Å²) < 4.78 is 0. The number of aromatic nitrogens is 2. The fraction of sp³-hybridized carbons (Fsp3) is 0. The fourth-order valence-corrected chi connectivity index (χ4v) is 1.28. The highest BCUT2D eigenvalue weighted by atomic mass is 16.1. The Hall–Kier alpha value is -2.23. The average molecular weight is 199 g/mol. The summed E-state index contributed by atoms with van der Waals surface area (Å²) in [6.07, 6.45) is 1.60. The molecule has 0 saturated carbocycles. The smallest absolute Gasteiger partial charge is 0.269 e. The summed E-state index contributed by atoms with van der Waals surface area (Å²) in [5.74, 6) is -0.569. The second-order valence-electron chi connectivity index (χ2n) is 3.06. The van der Waals surface area contributed by atoms with Gasteiger partial charge in [0, 0.05) is 5.56 Å². The number of carbonyl (C=O) groups excluding carboxylic acids is 1. The van der Waals surface area contributed by atoms with Gasteiger partial charge in [-0.1, -0.05) is 30.3 Å². The molecule has 0 aliphatic carbocycles. The number of carbonyl (C=O) groups is 1. The molecule has 2 N–H and O–H groups in total. The summed E-state index contributed by atoms with van der Waals surface area (Å²) >= 11 is 0. The predicted octanol–water partition coefficient (Wildman–Crippen LogP) is 1.24. The van der Waals surface area contributed by atoms with E-state index in [0.717, 1.165) is 11.1 Å². The normalized spacial score (nSPS) is 9.87. The zero-order valence-electron chi connectivity index (χ0n) is 7.92. The highest BCUT2D eigenvalue weighted by Crippen LogP contribution is 2.17. The molecule has 2 rings (SSSR count). The van der Waals surface area contributed by atoms with Crippen molar-refractivity contribution in [2.45, 2.75) is 0 Å². The van der Waals surface area contributed by atoms with Crippen molar-refractivity contribution in [3.63, 3.8) is 0 Å². The van der Waals surface area contributed by atoms with Crippen molar-refractivity contribution in [1.82, 2.24) is 10.2 Å². The van der Waals surface area contributed by atoms with Gasteiger partial charge in [0.1, 0.15) is 0 Å². The molecular formula is C11H9N3O. The van der Waals surface area contributed by atoms with Crippen LogP contribution >= 0.6 is 0 Å². The molecule has 1 aromatic carbocycles. The molecule has 0 radical (unpaired) electrons. The van der Waals surface area contributed by atoms with Crippen LogP contribution in [0.25, 0.3) is 11.1 Å². The number of primary amides is 1. The molecule has 0 spiro atoms. The van der Waals surface area contributed by atoms with Gasteiger partial charge >= 0.3 is 0 Å². The van der Waals surface area contributed by atoms with Crippen molar-refractivity contribution < 1.29 is 4.79 Å². The van der Waals surface area contributed by atoms with Gasteiger partial charge in [0.25, 0.3) is 5.91 Å². The fourth-order valence-electron chi connectivity index (χ4n) is 1.28. The minimum Gasteiger partial charge on any atom is -0.364 e. The number of nitrogens with two attached hydrogens (primary N) is 1. The minimum atomic E-state index is -0.569. The topological polar surface area (TPSA) is 68.9 Å². The Kier molecular flexibility index (Phi) is 2.41. The van der Waals surface area contributed by atoms with E-state index in [1.54, 1.807) is 12.3 Å². The second-order valence-corrected chi connectivity index (χ2v) is 3.06. The van der Waals surface area contributed by atoms with E-state index in [0.29, 0.717) is 0 Å². The van der Waals surface area contributed by atoms with Crippen molar-refractivity contribution in [3.05, 3.63) is 48.3 Å². The molecular weight excluding hydrogens is 190 g/mol. The minimum absolute atomic E-state index is 0.177. The van der Waals surface area contributed by atoms with Crippen LogP contribution in [0.4, 0.5) is 0 Å². The van der Waals surface area contributed by atoms with E-state index >= 15 is 0 Å². The zero-order chi connectivity index (χ0) is 10.7. The summed E-state index contributed by atoms with van der Waals surface area (Å²) in [5, 5.41) is 7.37. The Morgan fingerprint density at radius 2 is 1.87 bits per heavy atom. The van der Waals surface area contributed by atoms with Gasteiger partial charge in [-0.15, -0.1) is 5.10 Å². The summed E-state index contributed by atoms with van der Waals surface area (Å²) in [5.41, 5.74) is 7.11. The van der Waals surface area contributed by atoms with E-state index in [2.05, 4.69) is 10.2 Å². The predicted molar refractivity (Wildman–Crippen MR) is 56.0 cm³/mol. The first-order valence-corrected chi connectivity index (χ1v) is 4.45. The van der Waals surface area contributed by atoms with Gasteiger partial charge < -0.3 is 5.73 Å². The van der Waals surface area contributed by atoms with Crippen LogP contribution in [0, 0.1) is 0 Å². The third kappa shape index (κ3) is 1.99. The lowest BCUT2D eigenvalue weighted by atomic mass is 10.1. The summed E-state index contributed by atoms with van der Waals surface area (Å²) in [6, 6.07) is 11.3. The van der Waals surface area contributed by atoms with Crippen molar-refractivity contribution in [3.8, 4) is 11.1 Å². The van der Waals surface area contributed by atoms with Crippen molar-refractivity contribution in [2.24, 2.45) is 5.73 Å². The lowest BCUT2D eigenvalue weighted by Gasteiger charge is -2.00. The standard InChI is InChI=1S/C11H9N3O/c12-11(15)10-6-9(7-13-14-10)8-4-2-1-3-5-8/h1-7H,(H2,12,15). The maximum atomic E-state index is 10.9. The third-order valence-corrected chi connectivity index (χ3v) is 2.01. The van der Waals surface area contributed by atoms with Crippen LogP contribution in [-0.2, 0) is 0 Å². The highest BCUT2D eigenvalue weighted by molar-refractivity contribution is 5.91. The van der Waals surface area contributed by atoms with Crippen LogP contribution in [0.1, 0.15) is 10.5 Å². The summed E-state index contributed by atoms with van der Waals surface area (Å²) in [6.45, 7) is 0. The molecule has 1 heterocycles. The van der Waals surface area contributed by atoms with Crippen LogP contribution in [0.15, 0.2) is 42.6 Å². The maximum absolute atomic E-state index is 10.9. The van der Waals surface area contributed by atoms with Crippen molar-refractivity contribution in [1.29, 1.82) is 0 Å². The first-order chi connectivity index (χ1) is 7.27. The summed E-state index contributed by atoms with van der Waals surface area (Å²) in [7, 11) is 0. The number of nitrogens with zero attached hydrogens (tertiary/aromatic N) is 2. The SMILES string of the molecule is NC(=O)c1cc(-c2ccccc2)cnn1. The molecule has 0 unspecified atom stereocenters. The molecule has 15 heavy (non-hydrogen) atoms. The zero-order valence-corrected chi connectivity index (χ0v) is 7.92. The molecule has 1 aromatic heterocycles. The molecule has 4 nitrogen and oxygen atoms in total. The lowest BCUT2D eigenvalue weighted by molar-refractivity contribution is 0.0994.